The Balaban J connectivity index is 2.14. The van der Waals surface area contributed by atoms with Gasteiger partial charge in [0.2, 0.25) is 11.8 Å². The molecule has 0 radical (unpaired) electrons. The van der Waals surface area contributed by atoms with Crippen molar-refractivity contribution >= 4 is 17.5 Å². The summed E-state index contributed by atoms with van der Waals surface area (Å²) in [7, 11) is 3.09. The van der Waals surface area contributed by atoms with Crippen LogP contribution in [0.3, 0.4) is 0 Å². The third kappa shape index (κ3) is 4.24. The predicted molar refractivity (Wildman–Crippen MR) is 96.9 cm³/mol. The van der Waals surface area contributed by atoms with E-state index in [4.69, 9.17) is 9.47 Å². The number of nitrogens with one attached hydrogen (secondary N) is 1. The average Bonchev–Trinajstić information content (AvgIpc) is 2.61. The lowest BCUT2D eigenvalue weighted by atomic mass is 9.88. The molecule has 1 aromatic rings. The molecule has 0 bridgehead atoms. The number of piperidine rings is 1. The standard InChI is InChI=1S/C19H28N2O4/c1-13-7-6-10-21(12-13)18(23)19(2,3)17(22)20-15-9-8-14(24-4)11-16(15)25-5/h8-9,11,13H,6-7,10,12H2,1-5H3,(H,20,22). The fourth-order valence-corrected chi connectivity index (χ4v) is 3.05. The van der Waals surface area contributed by atoms with Gasteiger partial charge in [0.05, 0.1) is 19.9 Å². The Bertz CT molecular complexity index is 642. The molecule has 2 amide bonds. The SMILES string of the molecule is COc1ccc(NC(=O)C(C)(C)C(=O)N2CCCC(C)C2)c(OC)c1. The number of nitrogens with zero attached hydrogens (tertiary/aromatic N) is 1. The summed E-state index contributed by atoms with van der Waals surface area (Å²) in [4.78, 5) is 27.4. The van der Waals surface area contributed by atoms with Crippen LogP contribution in [0.15, 0.2) is 18.2 Å². The van der Waals surface area contributed by atoms with Crippen molar-refractivity contribution in [2.45, 2.75) is 33.6 Å². The Morgan fingerprint density at radius 1 is 1.24 bits per heavy atom. The van der Waals surface area contributed by atoms with Gasteiger partial charge in [0.1, 0.15) is 16.9 Å². The fraction of sp³-hybridized carbons (Fsp3) is 0.579. The van der Waals surface area contributed by atoms with E-state index in [9.17, 15) is 9.59 Å². The van der Waals surface area contributed by atoms with Gasteiger partial charge in [-0.25, -0.2) is 0 Å². The Labute approximate surface area is 149 Å². The van der Waals surface area contributed by atoms with Crippen LogP contribution < -0.4 is 14.8 Å². The Morgan fingerprint density at radius 3 is 2.56 bits per heavy atom. The minimum atomic E-state index is -1.15. The molecule has 1 aliphatic rings. The van der Waals surface area contributed by atoms with Crippen molar-refractivity contribution in [1.82, 2.24) is 4.90 Å². The van der Waals surface area contributed by atoms with Crippen molar-refractivity contribution in [3.05, 3.63) is 18.2 Å². The highest BCUT2D eigenvalue weighted by Gasteiger charge is 2.40. The summed E-state index contributed by atoms with van der Waals surface area (Å²) in [5.74, 6) is 1.11. The third-order valence-corrected chi connectivity index (χ3v) is 4.70. The molecule has 1 N–H and O–H groups in total. The maximum absolute atomic E-state index is 12.9. The number of carbonyl (C=O) groups is 2. The maximum Gasteiger partial charge on any atom is 0.239 e. The van der Waals surface area contributed by atoms with Crippen molar-refractivity contribution < 1.29 is 19.1 Å². The van der Waals surface area contributed by atoms with E-state index in [1.54, 1.807) is 44.1 Å². The number of hydrogen-bond donors (Lipinski definition) is 1. The van der Waals surface area contributed by atoms with E-state index in [0.717, 1.165) is 12.8 Å². The molecule has 6 heteroatoms. The van der Waals surface area contributed by atoms with E-state index in [-0.39, 0.29) is 11.8 Å². The molecule has 1 saturated heterocycles. The molecule has 1 aromatic carbocycles. The largest absolute Gasteiger partial charge is 0.497 e. The van der Waals surface area contributed by atoms with Crippen molar-refractivity contribution in [2.75, 3.05) is 32.6 Å². The van der Waals surface area contributed by atoms with Crippen LogP contribution in [-0.4, -0.2) is 44.0 Å². The molecule has 0 saturated carbocycles. The molecule has 138 valence electrons. The van der Waals surface area contributed by atoms with Crippen LogP contribution in [0.5, 0.6) is 11.5 Å². The van der Waals surface area contributed by atoms with Crippen LogP contribution in [0.1, 0.15) is 33.6 Å². The number of likely N-dealkylation sites (tertiary alicyclic amines) is 1. The van der Waals surface area contributed by atoms with E-state index in [2.05, 4.69) is 12.2 Å². The predicted octanol–water partition coefficient (Wildman–Crippen LogP) is 2.93. The second-order valence-electron chi connectivity index (χ2n) is 7.14. The molecule has 0 aromatic heterocycles. The monoisotopic (exact) mass is 348 g/mol. The lowest BCUT2D eigenvalue weighted by molar-refractivity contribution is -0.147. The number of carbonyl (C=O) groups excluding carboxylic acids is 2. The van der Waals surface area contributed by atoms with Gasteiger partial charge in [0, 0.05) is 19.2 Å². The number of hydrogen-bond acceptors (Lipinski definition) is 4. The minimum Gasteiger partial charge on any atom is -0.497 e. The van der Waals surface area contributed by atoms with E-state index < -0.39 is 5.41 Å². The van der Waals surface area contributed by atoms with Gasteiger partial charge in [-0.3, -0.25) is 9.59 Å². The second-order valence-corrected chi connectivity index (χ2v) is 7.14. The first-order valence-electron chi connectivity index (χ1n) is 8.62. The lowest BCUT2D eigenvalue weighted by Gasteiger charge is -2.36. The number of benzene rings is 1. The van der Waals surface area contributed by atoms with Gasteiger partial charge in [-0.05, 0) is 44.7 Å². The van der Waals surface area contributed by atoms with Gasteiger partial charge in [0.25, 0.3) is 0 Å². The Hall–Kier alpha value is -2.24. The summed E-state index contributed by atoms with van der Waals surface area (Å²) >= 11 is 0. The molecule has 1 fully saturated rings. The minimum absolute atomic E-state index is 0.135. The van der Waals surface area contributed by atoms with Gasteiger partial charge in [-0.2, -0.15) is 0 Å². The quantitative estimate of drug-likeness (QED) is 0.831. The topological polar surface area (TPSA) is 67.9 Å². The first-order chi connectivity index (χ1) is 11.8. The van der Waals surface area contributed by atoms with E-state index in [1.807, 2.05) is 0 Å². The van der Waals surface area contributed by atoms with Crippen molar-refractivity contribution in [2.24, 2.45) is 11.3 Å². The summed E-state index contributed by atoms with van der Waals surface area (Å²) in [6.45, 7) is 6.89. The van der Waals surface area contributed by atoms with Crippen molar-refractivity contribution in [3.63, 3.8) is 0 Å². The summed E-state index contributed by atoms with van der Waals surface area (Å²) in [5, 5.41) is 2.82. The first kappa shape index (κ1) is 19.1. The number of anilines is 1. The lowest BCUT2D eigenvalue weighted by Crippen LogP contribution is -2.50. The van der Waals surface area contributed by atoms with Crippen molar-refractivity contribution in [3.8, 4) is 11.5 Å². The van der Waals surface area contributed by atoms with Gasteiger partial charge in [-0.15, -0.1) is 0 Å². The van der Waals surface area contributed by atoms with Crippen molar-refractivity contribution in [1.29, 1.82) is 0 Å². The number of rotatable bonds is 5. The fourth-order valence-electron chi connectivity index (χ4n) is 3.05. The molecule has 2 rings (SSSR count). The van der Waals surface area contributed by atoms with E-state index in [0.29, 0.717) is 36.2 Å². The summed E-state index contributed by atoms with van der Waals surface area (Å²) in [6.07, 6.45) is 2.11. The Morgan fingerprint density at radius 2 is 1.96 bits per heavy atom. The molecular weight excluding hydrogens is 320 g/mol. The molecule has 0 aliphatic carbocycles. The third-order valence-electron chi connectivity index (χ3n) is 4.70. The van der Waals surface area contributed by atoms with Gasteiger partial charge in [0.15, 0.2) is 0 Å². The van der Waals surface area contributed by atoms with E-state index >= 15 is 0 Å². The van der Waals surface area contributed by atoms with E-state index in [1.165, 1.54) is 7.11 Å². The smallest absolute Gasteiger partial charge is 0.239 e. The second kappa shape index (κ2) is 7.76. The molecule has 0 spiro atoms. The highest BCUT2D eigenvalue weighted by molar-refractivity contribution is 6.10. The molecule has 1 heterocycles. The zero-order chi connectivity index (χ0) is 18.6. The van der Waals surface area contributed by atoms with Gasteiger partial charge >= 0.3 is 0 Å². The Kier molecular flexibility index (Phi) is 5.93. The molecular formula is C19H28N2O4. The van der Waals surface area contributed by atoms with Gasteiger partial charge in [-0.1, -0.05) is 6.92 Å². The van der Waals surface area contributed by atoms with Crippen LogP contribution in [0.25, 0.3) is 0 Å². The molecule has 25 heavy (non-hydrogen) atoms. The van der Waals surface area contributed by atoms with Gasteiger partial charge < -0.3 is 19.7 Å². The summed E-state index contributed by atoms with van der Waals surface area (Å²) < 4.78 is 10.5. The summed E-state index contributed by atoms with van der Waals surface area (Å²) in [6, 6.07) is 5.13. The zero-order valence-electron chi connectivity index (χ0n) is 15.7. The normalized spacial score (nSPS) is 17.8. The van der Waals surface area contributed by atoms with Crippen LogP contribution in [-0.2, 0) is 9.59 Å². The van der Waals surface area contributed by atoms with Crippen LogP contribution >= 0.6 is 0 Å². The zero-order valence-corrected chi connectivity index (χ0v) is 15.7. The number of amides is 2. The molecule has 1 aliphatic heterocycles. The highest BCUT2D eigenvalue weighted by Crippen LogP contribution is 2.31. The average molecular weight is 348 g/mol. The molecule has 1 atom stereocenters. The summed E-state index contributed by atoms with van der Waals surface area (Å²) in [5.41, 5.74) is -0.636. The number of methoxy groups -OCH3 is 2. The van der Waals surface area contributed by atoms with Crippen LogP contribution in [0.4, 0.5) is 5.69 Å². The first-order valence-corrected chi connectivity index (χ1v) is 8.62. The van der Waals surface area contributed by atoms with Crippen LogP contribution in [0, 0.1) is 11.3 Å². The maximum atomic E-state index is 12.9. The molecule has 6 nitrogen and oxygen atoms in total. The van der Waals surface area contributed by atoms with Crippen LogP contribution in [0.2, 0.25) is 0 Å². The molecule has 1 unspecified atom stereocenters. The number of ether oxygens (including phenoxy) is 2. The highest BCUT2D eigenvalue weighted by atomic mass is 16.5.